The summed E-state index contributed by atoms with van der Waals surface area (Å²) in [4.78, 5) is 35.2. The number of nitrogens with zero attached hydrogens (tertiary/aromatic N) is 5. The zero-order valence-corrected chi connectivity index (χ0v) is 18.9. The largest absolute Gasteiger partial charge is 0.297 e. The van der Waals surface area contributed by atoms with Crippen LogP contribution in [-0.4, -0.2) is 45.6 Å². The van der Waals surface area contributed by atoms with Gasteiger partial charge in [0, 0.05) is 25.7 Å². The Morgan fingerprint density at radius 1 is 0.970 bits per heavy atom. The number of hydrogen-bond acceptors (Lipinski definition) is 4. The molecule has 1 aromatic heterocycles. The van der Waals surface area contributed by atoms with E-state index in [-0.39, 0.29) is 22.9 Å². The van der Waals surface area contributed by atoms with Gasteiger partial charge in [-0.05, 0) is 25.1 Å². The number of aliphatic imine (C=N–C) groups is 1. The van der Waals surface area contributed by atoms with E-state index in [0.717, 1.165) is 11.4 Å². The number of para-hydroxylation sites is 2. The van der Waals surface area contributed by atoms with Crippen molar-refractivity contribution < 1.29 is 4.79 Å². The van der Waals surface area contributed by atoms with Crippen LogP contribution in [0.3, 0.4) is 0 Å². The van der Waals surface area contributed by atoms with Crippen LogP contribution in [0.15, 0.2) is 89.7 Å². The highest BCUT2D eigenvalue weighted by Gasteiger charge is 2.35. The number of aromatic nitrogens is 2. The lowest BCUT2D eigenvalue weighted by Gasteiger charge is -2.26. The number of carbonyl (C=O) groups excluding carboxylic acids is 1. The van der Waals surface area contributed by atoms with Gasteiger partial charge in [0.2, 0.25) is 0 Å². The van der Waals surface area contributed by atoms with Gasteiger partial charge in [-0.2, -0.15) is 0 Å². The predicted octanol–water partition coefficient (Wildman–Crippen LogP) is 3.58. The normalized spacial score (nSPS) is 14.2. The third-order valence-electron chi connectivity index (χ3n) is 5.76. The van der Waals surface area contributed by atoms with Crippen molar-refractivity contribution in [3.8, 4) is 5.69 Å². The van der Waals surface area contributed by atoms with Gasteiger partial charge >= 0.3 is 0 Å². The van der Waals surface area contributed by atoms with Crippen molar-refractivity contribution in [2.45, 2.75) is 6.92 Å². The van der Waals surface area contributed by atoms with Crippen molar-refractivity contribution >= 4 is 23.0 Å². The average Bonchev–Trinajstić information content (AvgIpc) is 3.20. The Bertz CT molecular complexity index is 1290. The summed E-state index contributed by atoms with van der Waals surface area (Å²) >= 11 is 0. The van der Waals surface area contributed by atoms with E-state index in [9.17, 15) is 9.59 Å². The number of amides is 1. The molecule has 0 atom stereocenters. The molecule has 4 rings (SSSR count). The molecule has 3 aromatic rings. The summed E-state index contributed by atoms with van der Waals surface area (Å²) in [6.45, 7) is 11.0. The molecule has 168 valence electrons. The summed E-state index contributed by atoms with van der Waals surface area (Å²) in [5.74, 6) is -0.233. The topological polar surface area (TPSA) is 62.8 Å². The van der Waals surface area contributed by atoms with Crippen molar-refractivity contribution in [3.63, 3.8) is 0 Å². The lowest BCUT2D eigenvalue weighted by atomic mass is 10.1. The summed E-state index contributed by atoms with van der Waals surface area (Å²) in [5.41, 5.74) is 3.18. The predicted molar refractivity (Wildman–Crippen MR) is 133 cm³/mol. The Balaban J connectivity index is 1.80. The second-order valence-electron chi connectivity index (χ2n) is 7.88. The van der Waals surface area contributed by atoms with Crippen molar-refractivity contribution in [2.75, 3.05) is 24.7 Å². The molecular weight excluding hydrogens is 414 g/mol. The molecule has 0 spiro atoms. The number of fused-ring (bicyclic) bond motifs is 1. The fourth-order valence-corrected chi connectivity index (χ4v) is 4.06. The monoisotopic (exact) mass is 441 g/mol. The highest BCUT2D eigenvalue weighted by molar-refractivity contribution is 6.54. The van der Waals surface area contributed by atoms with Crippen LogP contribution < -0.4 is 10.5 Å². The van der Waals surface area contributed by atoms with Crippen molar-refractivity contribution in [3.05, 3.63) is 102 Å². The average molecular weight is 442 g/mol. The van der Waals surface area contributed by atoms with Crippen LogP contribution in [-0.2, 0) is 11.8 Å². The Morgan fingerprint density at radius 2 is 1.61 bits per heavy atom. The first-order valence-electron chi connectivity index (χ1n) is 10.8. The fraction of sp³-hybridized carbons (Fsp3) is 0.192. The molecule has 0 radical (unpaired) electrons. The van der Waals surface area contributed by atoms with E-state index in [4.69, 9.17) is 0 Å². The van der Waals surface area contributed by atoms with Crippen molar-refractivity contribution in [1.82, 2.24) is 14.3 Å². The molecule has 33 heavy (non-hydrogen) atoms. The lowest BCUT2D eigenvalue weighted by molar-refractivity contribution is -0.112. The molecule has 1 amide bonds. The molecule has 1 aliphatic rings. The molecule has 7 heteroatoms. The van der Waals surface area contributed by atoms with Gasteiger partial charge in [0.15, 0.2) is 5.69 Å². The smallest absolute Gasteiger partial charge is 0.293 e. The van der Waals surface area contributed by atoms with Crippen LogP contribution in [0.4, 0.5) is 11.4 Å². The van der Waals surface area contributed by atoms with E-state index in [1.54, 1.807) is 26.4 Å². The molecule has 1 aliphatic heterocycles. The van der Waals surface area contributed by atoms with Gasteiger partial charge < -0.3 is 0 Å². The van der Waals surface area contributed by atoms with E-state index in [1.807, 2.05) is 73.5 Å². The first-order valence-corrected chi connectivity index (χ1v) is 10.8. The fourth-order valence-electron chi connectivity index (χ4n) is 4.06. The minimum Gasteiger partial charge on any atom is -0.293 e. The lowest BCUT2D eigenvalue weighted by Crippen LogP contribution is -2.41. The van der Waals surface area contributed by atoms with Gasteiger partial charge in [0.05, 0.1) is 23.7 Å². The summed E-state index contributed by atoms with van der Waals surface area (Å²) in [6.07, 6.45) is 3.59. The highest BCUT2D eigenvalue weighted by atomic mass is 16.2. The van der Waals surface area contributed by atoms with E-state index in [1.165, 1.54) is 0 Å². The van der Waals surface area contributed by atoms with Crippen LogP contribution in [0, 0.1) is 6.92 Å². The minimum absolute atomic E-state index is 0.233. The van der Waals surface area contributed by atoms with Crippen LogP contribution in [0.25, 0.3) is 5.69 Å². The van der Waals surface area contributed by atoms with Gasteiger partial charge in [-0.15, -0.1) is 13.2 Å². The third-order valence-corrected chi connectivity index (χ3v) is 5.76. The SMILES string of the molecule is C=CCN(CC=C)CN1C(=O)C(=Nc2c(C)n(C)n(-c3ccccc3)c2=O)c2ccccc21. The molecule has 2 aromatic carbocycles. The number of benzene rings is 2. The van der Waals surface area contributed by atoms with Crippen LogP contribution in [0.5, 0.6) is 0 Å². The molecule has 0 aliphatic carbocycles. The number of anilines is 1. The summed E-state index contributed by atoms with van der Waals surface area (Å²) in [6, 6.07) is 16.9. The molecule has 0 saturated carbocycles. The van der Waals surface area contributed by atoms with Crippen LogP contribution in [0.2, 0.25) is 0 Å². The molecular formula is C26H27N5O2. The Kier molecular flexibility index (Phi) is 6.24. The second-order valence-corrected chi connectivity index (χ2v) is 7.88. The minimum atomic E-state index is -0.266. The summed E-state index contributed by atoms with van der Waals surface area (Å²) in [7, 11) is 1.81. The van der Waals surface area contributed by atoms with Gasteiger partial charge in [0.25, 0.3) is 11.5 Å². The highest BCUT2D eigenvalue weighted by Crippen LogP contribution is 2.31. The maximum absolute atomic E-state index is 13.5. The first kappa shape index (κ1) is 22.2. The molecule has 2 heterocycles. The number of rotatable bonds is 8. The second kappa shape index (κ2) is 9.26. The zero-order chi connectivity index (χ0) is 23.5. The quantitative estimate of drug-likeness (QED) is 0.502. The molecule has 0 fully saturated rings. The van der Waals surface area contributed by atoms with Gasteiger partial charge in [-0.25, -0.2) is 9.67 Å². The molecule has 0 bridgehead atoms. The molecule has 0 unspecified atom stereocenters. The Labute approximate surface area is 193 Å². The van der Waals surface area contributed by atoms with Gasteiger partial charge in [-0.3, -0.25) is 24.1 Å². The van der Waals surface area contributed by atoms with Crippen molar-refractivity contribution in [2.24, 2.45) is 12.0 Å². The van der Waals surface area contributed by atoms with E-state index in [2.05, 4.69) is 18.2 Å². The standard InChI is InChI=1S/C26H27N5O2/c1-5-16-29(17-6-2)18-30-22-15-11-10-14-21(22)24(25(30)32)27-23-19(3)28(4)31(26(23)33)20-12-8-7-9-13-20/h5-15H,1-2,16-18H2,3-4H3. The maximum Gasteiger partial charge on any atom is 0.297 e. The van der Waals surface area contributed by atoms with Crippen LogP contribution >= 0.6 is 0 Å². The zero-order valence-electron chi connectivity index (χ0n) is 18.9. The van der Waals surface area contributed by atoms with E-state index >= 15 is 0 Å². The Hall–Kier alpha value is -3.97. The maximum atomic E-state index is 13.5. The molecule has 7 nitrogen and oxygen atoms in total. The van der Waals surface area contributed by atoms with E-state index in [0.29, 0.717) is 31.0 Å². The van der Waals surface area contributed by atoms with E-state index < -0.39 is 0 Å². The first-order chi connectivity index (χ1) is 16.0. The van der Waals surface area contributed by atoms with Gasteiger partial charge in [-0.1, -0.05) is 48.6 Å². The summed E-state index contributed by atoms with van der Waals surface area (Å²) < 4.78 is 3.32. The third kappa shape index (κ3) is 3.99. The number of carbonyl (C=O) groups is 1. The van der Waals surface area contributed by atoms with Crippen molar-refractivity contribution in [1.29, 1.82) is 0 Å². The van der Waals surface area contributed by atoms with Gasteiger partial charge in [0.1, 0.15) is 5.71 Å². The Morgan fingerprint density at radius 3 is 2.27 bits per heavy atom. The number of hydrogen-bond donors (Lipinski definition) is 0. The summed E-state index contributed by atoms with van der Waals surface area (Å²) in [5, 5.41) is 0. The molecule has 0 saturated heterocycles. The molecule has 0 N–H and O–H groups in total. The van der Waals surface area contributed by atoms with Crippen LogP contribution in [0.1, 0.15) is 11.3 Å².